The van der Waals surface area contributed by atoms with Gasteiger partial charge in [-0.15, -0.1) is 0 Å². The van der Waals surface area contributed by atoms with Crippen LogP contribution in [0, 0.1) is 19.7 Å². The molecule has 104 valence electrons. The molecule has 0 aromatic heterocycles. The molecule has 0 saturated heterocycles. The zero-order chi connectivity index (χ0) is 14.7. The van der Waals surface area contributed by atoms with Gasteiger partial charge in [-0.3, -0.25) is 4.79 Å². The van der Waals surface area contributed by atoms with Crippen LogP contribution in [0.4, 0.5) is 15.8 Å². The van der Waals surface area contributed by atoms with Crippen LogP contribution in [0.25, 0.3) is 0 Å². The van der Waals surface area contributed by atoms with Crippen LogP contribution < -0.4 is 5.32 Å². The number of carboxylic acid groups (broad SMARTS) is 1. The van der Waals surface area contributed by atoms with Gasteiger partial charge in [0.1, 0.15) is 5.82 Å². The number of carboxylic acids is 1. The Morgan fingerprint density at radius 2 is 1.95 bits per heavy atom. The second-order valence-electron chi connectivity index (χ2n) is 4.76. The van der Waals surface area contributed by atoms with E-state index in [1.807, 2.05) is 32.0 Å². The van der Waals surface area contributed by atoms with Crippen molar-refractivity contribution in [2.45, 2.75) is 20.3 Å². The number of hydrogen-bond acceptors (Lipinski definition) is 2. The number of aliphatic carboxylic acids is 1. The lowest BCUT2D eigenvalue weighted by Gasteiger charge is -2.12. The van der Waals surface area contributed by atoms with E-state index in [-0.39, 0.29) is 6.42 Å². The van der Waals surface area contributed by atoms with E-state index in [1.54, 1.807) is 12.1 Å². The maximum atomic E-state index is 14.0. The van der Waals surface area contributed by atoms with E-state index in [0.717, 1.165) is 16.8 Å². The van der Waals surface area contributed by atoms with Gasteiger partial charge in [-0.2, -0.15) is 0 Å². The molecule has 2 aromatic carbocycles. The van der Waals surface area contributed by atoms with Gasteiger partial charge in [0, 0.05) is 5.69 Å². The highest BCUT2D eigenvalue weighted by molar-refractivity contribution is 5.71. The Labute approximate surface area is 117 Å². The fraction of sp³-hybridized carbons (Fsp3) is 0.188. The molecular weight excluding hydrogens is 257 g/mol. The quantitative estimate of drug-likeness (QED) is 0.890. The number of carbonyl (C=O) groups is 1. The van der Waals surface area contributed by atoms with Crippen molar-refractivity contribution in [1.29, 1.82) is 0 Å². The van der Waals surface area contributed by atoms with Crippen LogP contribution >= 0.6 is 0 Å². The van der Waals surface area contributed by atoms with Crippen LogP contribution in [0.15, 0.2) is 36.4 Å². The Balaban J connectivity index is 2.26. The normalized spacial score (nSPS) is 10.3. The maximum Gasteiger partial charge on any atom is 0.307 e. The van der Waals surface area contributed by atoms with Crippen molar-refractivity contribution in [2.24, 2.45) is 0 Å². The van der Waals surface area contributed by atoms with E-state index in [0.29, 0.717) is 11.3 Å². The molecule has 0 aliphatic rings. The first-order chi connectivity index (χ1) is 9.47. The summed E-state index contributed by atoms with van der Waals surface area (Å²) in [5.41, 5.74) is 3.81. The van der Waals surface area contributed by atoms with E-state index >= 15 is 0 Å². The molecule has 0 heterocycles. The molecule has 0 aliphatic carbocycles. The van der Waals surface area contributed by atoms with Crippen molar-refractivity contribution >= 4 is 17.3 Å². The number of hydrogen-bond donors (Lipinski definition) is 2. The summed E-state index contributed by atoms with van der Waals surface area (Å²) in [6.07, 6.45) is -0.180. The van der Waals surface area contributed by atoms with Crippen molar-refractivity contribution in [3.63, 3.8) is 0 Å². The lowest BCUT2D eigenvalue weighted by Crippen LogP contribution is -2.02. The molecule has 0 radical (unpaired) electrons. The second-order valence-corrected chi connectivity index (χ2v) is 4.76. The molecule has 2 rings (SSSR count). The van der Waals surface area contributed by atoms with Crippen molar-refractivity contribution < 1.29 is 14.3 Å². The van der Waals surface area contributed by atoms with Crippen LogP contribution in [0.1, 0.15) is 16.7 Å². The average Bonchev–Trinajstić information content (AvgIpc) is 2.37. The lowest BCUT2D eigenvalue weighted by molar-refractivity contribution is -0.136. The number of aryl methyl sites for hydroxylation is 1. The van der Waals surface area contributed by atoms with Crippen LogP contribution in [-0.4, -0.2) is 11.1 Å². The van der Waals surface area contributed by atoms with Crippen molar-refractivity contribution in [3.8, 4) is 0 Å². The Hall–Kier alpha value is -2.36. The topological polar surface area (TPSA) is 49.3 Å². The molecule has 0 atom stereocenters. The first-order valence-electron chi connectivity index (χ1n) is 6.31. The minimum absolute atomic E-state index is 0.180. The highest BCUT2D eigenvalue weighted by Crippen LogP contribution is 2.25. The standard InChI is InChI=1S/C16H16FNO2/c1-10-4-3-5-14(11(10)2)18-15-7-6-12(8-13(15)17)9-16(19)20/h3-8,18H,9H2,1-2H3,(H,19,20). The van der Waals surface area contributed by atoms with Crippen molar-refractivity contribution in [3.05, 3.63) is 58.9 Å². The number of anilines is 2. The van der Waals surface area contributed by atoms with E-state index in [1.165, 1.54) is 6.07 Å². The molecule has 2 aromatic rings. The third kappa shape index (κ3) is 3.15. The molecule has 0 amide bonds. The van der Waals surface area contributed by atoms with Crippen LogP contribution in [0.2, 0.25) is 0 Å². The predicted octanol–water partition coefficient (Wildman–Crippen LogP) is 3.81. The van der Waals surface area contributed by atoms with Gasteiger partial charge in [0.15, 0.2) is 0 Å². The summed E-state index contributed by atoms with van der Waals surface area (Å²) in [4.78, 5) is 10.6. The number of nitrogens with one attached hydrogen (secondary N) is 1. The monoisotopic (exact) mass is 273 g/mol. The van der Waals surface area contributed by atoms with Gasteiger partial charge >= 0.3 is 5.97 Å². The fourth-order valence-corrected chi connectivity index (χ4v) is 1.98. The molecular formula is C16H16FNO2. The third-order valence-electron chi connectivity index (χ3n) is 3.26. The van der Waals surface area contributed by atoms with Crippen LogP contribution in [0.3, 0.4) is 0 Å². The van der Waals surface area contributed by atoms with Gasteiger partial charge < -0.3 is 10.4 Å². The van der Waals surface area contributed by atoms with Gasteiger partial charge in [-0.25, -0.2) is 4.39 Å². The molecule has 0 unspecified atom stereocenters. The minimum Gasteiger partial charge on any atom is -0.481 e. The van der Waals surface area contributed by atoms with Crippen LogP contribution in [-0.2, 0) is 11.2 Å². The van der Waals surface area contributed by atoms with Gasteiger partial charge in [0.25, 0.3) is 0 Å². The Kier molecular flexibility index (Phi) is 4.03. The Morgan fingerprint density at radius 3 is 2.60 bits per heavy atom. The molecule has 0 spiro atoms. The molecule has 20 heavy (non-hydrogen) atoms. The molecule has 0 bridgehead atoms. The number of rotatable bonds is 4. The molecule has 0 fully saturated rings. The molecule has 3 nitrogen and oxygen atoms in total. The summed E-state index contributed by atoms with van der Waals surface area (Å²) >= 11 is 0. The van der Waals surface area contributed by atoms with E-state index in [9.17, 15) is 9.18 Å². The first-order valence-corrected chi connectivity index (χ1v) is 6.31. The summed E-state index contributed by atoms with van der Waals surface area (Å²) in [7, 11) is 0. The van der Waals surface area contributed by atoms with Gasteiger partial charge in [-0.05, 0) is 48.7 Å². The zero-order valence-electron chi connectivity index (χ0n) is 11.4. The fourth-order valence-electron chi connectivity index (χ4n) is 1.98. The summed E-state index contributed by atoms with van der Waals surface area (Å²) in [6.45, 7) is 3.96. The molecule has 2 N–H and O–H groups in total. The number of benzene rings is 2. The maximum absolute atomic E-state index is 14.0. The van der Waals surface area contributed by atoms with E-state index in [4.69, 9.17) is 5.11 Å². The van der Waals surface area contributed by atoms with Crippen molar-refractivity contribution in [1.82, 2.24) is 0 Å². The Bertz CT molecular complexity index is 653. The summed E-state index contributed by atoms with van der Waals surface area (Å²) in [6, 6.07) is 10.2. The van der Waals surface area contributed by atoms with Gasteiger partial charge in [-0.1, -0.05) is 18.2 Å². The largest absolute Gasteiger partial charge is 0.481 e. The first kappa shape index (κ1) is 14.1. The van der Waals surface area contributed by atoms with Crippen LogP contribution in [0.5, 0.6) is 0 Å². The highest BCUT2D eigenvalue weighted by Gasteiger charge is 2.08. The minimum atomic E-state index is -0.973. The van der Waals surface area contributed by atoms with E-state index in [2.05, 4.69) is 5.32 Å². The average molecular weight is 273 g/mol. The molecule has 0 saturated carbocycles. The predicted molar refractivity (Wildman–Crippen MR) is 76.9 cm³/mol. The molecule has 4 heteroatoms. The smallest absolute Gasteiger partial charge is 0.307 e. The summed E-state index contributed by atoms with van der Waals surface area (Å²) in [5.74, 6) is -1.43. The third-order valence-corrected chi connectivity index (χ3v) is 3.26. The second kappa shape index (κ2) is 5.74. The van der Waals surface area contributed by atoms with Gasteiger partial charge in [0.2, 0.25) is 0 Å². The summed E-state index contributed by atoms with van der Waals surface area (Å²) in [5, 5.41) is 11.7. The van der Waals surface area contributed by atoms with Crippen molar-refractivity contribution in [2.75, 3.05) is 5.32 Å². The Morgan fingerprint density at radius 1 is 1.20 bits per heavy atom. The lowest BCUT2D eigenvalue weighted by atomic mass is 10.1. The van der Waals surface area contributed by atoms with E-state index < -0.39 is 11.8 Å². The number of halogens is 1. The molecule has 0 aliphatic heterocycles. The summed E-state index contributed by atoms with van der Waals surface area (Å²) < 4.78 is 14.0. The van der Waals surface area contributed by atoms with Gasteiger partial charge in [0.05, 0.1) is 12.1 Å². The zero-order valence-corrected chi connectivity index (χ0v) is 11.4. The highest BCUT2D eigenvalue weighted by atomic mass is 19.1. The SMILES string of the molecule is Cc1cccc(Nc2ccc(CC(=O)O)cc2F)c1C.